The minimum atomic E-state index is -1.31. The smallest absolute Gasteiger partial charge is 0.325 e. The standard InChI is InChI=1S/C13H14ClFN2O4/c1-13(2,11(19)20)6-9(18)17-12(21)16-8-5-3-4-7(14)10(8)15/h3-5H,6H2,1-2H3,(H,19,20)(H2,16,17,18,21). The van der Waals surface area contributed by atoms with E-state index >= 15 is 0 Å². The molecule has 1 aromatic rings. The normalized spacial score (nSPS) is 10.9. The molecule has 0 aromatic heterocycles. The summed E-state index contributed by atoms with van der Waals surface area (Å²) in [4.78, 5) is 34.0. The van der Waals surface area contributed by atoms with Crippen LogP contribution >= 0.6 is 11.6 Å². The van der Waals surface area contributed by atoms with E-state index in [9.17, 15) is 18.8 Å². The molecular formula is C13H14ClFN2O4. The molecule has 0 aliphatic rings. The summed E-state index contributed by atoms with van der Waals surface area (Å²) in [6, 6.07) is 3.03. The number of carbonyl (C=O) groups is 3. The highest BCUT2D eigenvalue weighted by Gasteiger charge is 2.30. The zero-order chi connectivity index (χ0) is 16.2. The van der Waals surface area contributed by atoms with E-state index in [-0.39, 0.29) is 10.7 Å². The number of imide groups is 1. The van der Waals surface area contributed by atoms with Gasteiger partial charge in [-0.1, -0.05) is 17.7 Å². The number of carboxylic acids is 1. The Balaban J connectivity index is 2.64. The number of benzene rings is 1. The molecule has 21 heavy (non-hydrogen) atoms. The number of anilines is 1. The molecule has 0 fully saturated rings. The monoisotopic (exact) mass is 316 g/mol. The third-order valence-corrected chi connectivity index (χ3v) is 2.93. The summed E-state index contributed by atoms with van der Waals surface area (Å²) in [5.74, 6) is -2.78. The Hall–Kier alpha value is -2.15. The fourth-order valence-corrected chi connectivity index (χ4v) is 1.58. The molecule has 6 nitrogen and oxygen atoms in total. The lowest BCUT2D eigenvalue weighted by molar-refractivity contribution is -0.149. The average Bonchev–Trinajstić information content (AvgIpc) is 2.33. The molecule has 0 radical (unpaired) electrons. The van der Waals surface area contributed by atoms with Crippen molar-refractivity contribution in [3.05, 3.63) is 29.0 Å². The van der Waals surface area contributed by atoms with E-state index in [0.717, 1.165) is 0 Å². The molecule has 1 rings (SSSR count). The molecular weight excluding hydrogens is 303 g/mol. The van der Waals surface area contributed by atoms with Crippen LogP contribution in [0.3, 0.4) is 0 Å². The van der Waals surface area contributed by atoms with Gasteiger partial charge in [0.2, 0.25) is 5.91 Å². The van der Waals surface area contributed by atoms with E-state index in [1.807, 2.05) is 5.32 Å². The summed E-state index contributed by atoms with van der Waals surface area (Å²) in [6.07, 6.45) is -0.395. The van der Waals surface area contributed by atoms with Crippen molar-refractivity contribution in [2.75, 3.05) is 5.32 Å². The fourth-order valence-electron chi connectivity index (χ4n) is 1.40. The van der Waals surface area contributed by atoms with Gasteiger partial charge in [-0.15, -0.1) is 0 Å². The van der Waals surface area contributed by atoms with Crippen LogP contribution in [0.5, 0.6) is 0 Å². The number of halogens is 2. The van der Waals surface area contributed by atoms with Gasteiger partial charge in [-0.2, -0.15) is 0 Å². The first-order valence-corrected chi connectivity index (χ1v) is 6.29. The minimum absolute atomic E-state index is 0.175. The van der Waals surface area contributed by atoms with Crippen molar-refractivity contribution >= 4 is 35.2 Å². The van der Waals surface area contributed by atoms with E-state index in [1.54, 1.807) is 0 Å². The summed E-state index contributed by atoms with van der Waals surface area (Å²) in [7, 11) is 0. The van der Waals surface area contributed by atoms with Crippen LogP contribution < -0.4 is 10.6 Å². The fraction of sp³-hybridized carbons (Fsp3) is 0.308. The van der Waals surface area contributed by atoms with Gasteiger partial charge in [0.1, 0.15) is 0 Å². The summed E-state index contributed by atoms with van der Waals surface area (Å²) in [5.41, 5.74) is -1.50. The Kier molecular flexibility index (Phi) is 5.26. The number of hydrogen-bond donors (Lipinski definition) is 3. The van der Waals surface area contributed by atoms with Crippen molar-refractivity contribution in [2.45, 2.75) is 20.3 Å². The first-order valence-electron chi connectivity index (χ1n) is 5.92. The van der Waals surface area contributed by atoms with Crippen LogP contribution in [-0.4, -0.2) is 23.0 Å². The maximum atomic E-state index is 13.5. The van der Waals surface area contributed by atoms with Crippen molar-refractivity contribution < 1.29 is 23.9 Å². The van der Waals surface area contributed by atoms with Gasteiger partial charge in [-0.3, -0.25) is 14.9 Å². The highest BCUT2D eigenvalue weighted by Crippen LogP contribution is 2.22. The molecule has 0 bridgehead atoms. The van der Waals surface area contributed by atoms with Crippen LogP contribution in [0.4, 0.5) is 14.9 Å². The topological polar surface area (TPSA) is 95.5 Å². The van der Waals surface area contributed by atoms with E-state index < -0.39 is 35.6 Å². The van der Waals surface area contributed by atoms with Crippen LogP contribution in [0.25, 0.3) is 0 Å². The number of hydrogen-bond acceptors (Lipinski definition) is 3. The first kappa shape index (κ1) is 16.9. The van der Waals surface area contributed by atoms with Crippen molar-refractivity contribution in [3.63, 3.8) is 0 Å². The Morgan fingerprint density at radius 3 is 2.52 bits per heavy atom. The van der Waals surface area contributed by atoms with E-state index in [4.69, 9.17) is 16.7 Å². The summed E-state index contributed by atoms with van der Waals surface area (Å²) >= 11 is 5.55. The second-order valence-electron chi connectivity index (χ2n) is 4.97. The number of carbonyl (C=O) groups excluding carboxylic acids is 2. The number of nitrogens with one attached hydrogen (secondary N) is 2. The Bertz CT molecular complexity index is 590. The number of carboxylic acid groups (broad SMARTS) is 1. The molecule has 0 saturated carbocycles. The van der Waals surface area contributed by atoms with Gasteiger partial charge in [0.25, 0.3) is 0 Å². The van der Waals surface area contributed by atoms with Gasteiger partial charge >= 0.3 is 12.0 Å². The lowest BCUT2D eigenvalue weighted by atomic mass is 9.89. The maximum Gasteiger partial charge on any atom is 0.325 e. The summed E-state index contributed by atoms with van der Waals surface area (Å²) in [5, 5.41) is 12.7. The summed E-state index contributed by atoms with van der Waals surface area (Å²) < 4.78 is 13.5. The minimum Gasteiger partial charge on any atom is -0.481 e. The van der Waals surface area contributed by atoms with Crippen LogP contribution in [0.15, 0.2) is 18.2 Å². The molecule has 114 valence electrons. The zero-order valence-electron chi connectivity index (χ0n) is 11.4. The van der Waals surface area contributed by atoms with Gasteiger partial charge in [0.15, 0.2) is 5.82 Å². The number of amides is 3. The second kappa shape index (κ2) is 6.53. The number of aliphatic carboxylic acids is 1. The van der Waals surface area contributed by atoms with Gasteiger partial charge in [0.05, 0.1) is 16.1 Å². The van der Waals surface area contributed by atoms with E-state index in [1.165, 1.54) is 32.0 Å². The lowest BCUT2D eigenvalue weighted by Gasteiger charge is -2.17. The van der Waals surface area contributed by atoms with Gasteiger partial charge in [-0.25, -0.2) is 9.18 Å². The molecule has 0 saturated heterocycles. The zero-order valence-corrected chi connectivity index (χ0v) is 12.1. The molecule has 0 atom stereocenters. The molecule has 3 amide bonds. The van der Waals surface area contributed by atoms with Crippen molar-refractivity contribution in [1.82, 2.24) is 5.32 Å². The van der Waals surface area contributed by atoms with Crippen LogP contribution in [0, 0.1) is 11.2 Å². The van der Waals surface area contributed by atoms with Crippen LogP contribution in [0.1, 0.15) is 20.3 Å². The molecule has 3 N–H and O–H groups in total. The van der Waals surface area contributed by atoms with Gasteiger partial charge < -0.3 is 10.4 Å². The Labute approximate surface area is 125 Å². The predicted octanol–water partition coefficient (Wildman–Crippen LogP) is 2.63. The molecule has 0 aliphatic heterocycles. The molecule has 0 unspecified atom stereocenters. The van der Waals surface area contributed by atoms with Gasteiger partial charge in [-0.05, 0) is 26.0 Å². The van der Waals surface area contributed by atoms with Crippen molar-refractivity contribution in [2.24, 2.45) is 5.41 Å². The SMILES string of the molecule is CC(C)(CC(=O)NC(=O)Nc1cccc(Cl)c1F)C(=O)O. The summed E-state index contributed by atoms with van der Waals surface area (Å²) in [6.45, 7) is 2.70. The Morgan fingerprint density at radius 2 is 1.95 bits per heavy atom. The molecule has 0 aliphatic carbocycles. The first-order chi connectivity index (χ1) is 9.63. The van der Waals surface area contributed by atoms with Gasteiger partial charge in [0, 0.05) is 6.42 Å². The molecule has 1 aromatic carbocycles. The maximum absolute atomic E-state index is 13.5. The predicted molar refractivity (Wildman–Crippen MR) is 74.6 cm³/mol. The number of urea groups is 1. The molecule has 0 heterocycles. The van der Waals surface area contributed by atoms with Crippen LogP contribution in [-0.2, 0) is 9.59 Å². The third-order valence-electron chi connectivity index (χ3n) is 2.63. The average molecular weight is 317 g/mol. The van der Waals surface area contributed by atoms with Crippen molar-refractivity contribution in [1.29, 1.82) is 0 Å². The quantitative estimate of drug-likeness (QED) is 0.795. The van der Waals surface area contributed by atoms with E-state index in [0.29, 0.717) is 0 Å². The lowest BCUT2D eigenvalue weighted by Crippen LogP contribution is -2.38. The number of rotatable bonds is 4. The Morgan fingerprint density at radius 1 is 1.33 bits per heavy atom. The molecule has 8 heteroatoms. The van der Waals surface area contributed by atoms with E-state index in [2.05, 4.69) is 5.32 Å². The molecule has 0 spiro atoms. The second-order valence-corrected chi connectivity index (χ2v) is 5.38. The van der Waals surface area contributed by atoms with Crippen LogP contribution in [0.2, 0.25) is 5.02 Å². The van der Waals surface area contributed by atoms with Crippen molar-refractivity contribution in [3.8, 4) is 0 Å². The highest BCUT2D eigenvalue weighted by molar-refractivity contribution is 6.31. The third kappa shape index (κ3) is 4.71. The largest absolute Gasteiger partial charge is 0.481 e. The highest BCUT2D eigenvalue weighted by atomic mass is 35.5.